The summed E-state index contributed by atoms with van der Waals surface area (Å²) in [4.78, 5) is 0. The van der Waals surface area contributed by atoms with Gasteiger partial charge in [0.2, 0.25) is 5.92 Å². The van der Waals surface area contributed by atoms with Crippen molar-refractivity contribution in [2.75, 3.05) is 6.61 Å². The summed E-state index contributed by atoms with van der Waals surface area (Å²) in [7, 11) is 0. The number of halogens is 2. The van der Waals surface area contributed by atoms with Gasteiger partial charge in [-0.1, -0.05) is 18.2 Å². The molecule has 2 unspecified atom stereocenters. The topological polar surface area (TPSA) is 47.3 Å². The molecule has 2 rings (SSSR count). The largest absolute Gasteiger partial charge is 0.494 e. The van der Waals surface area contributed by atoms with E-state index in [-0.39, 0.29) is 24.8 Å². The van der Waals surface area contributed by atoms with E-state index in [1.165, 1.54) is 0 Å². The molecule has 1 saturated carbocycles. The Kier molecular flexibility index (Phi) is 4.37. The van der Waals surface area contributed by atoms with Crippen LogP contribution < -0.4 is 16.0 Å². The zero-order valence-corrected chi connectivity index (χ0v) is 11.0. The number of hydrogen-bond donors (Lipinski definition) is 2. The highest BCUT2D eigenvalue weighted by Crippen LogP contribution is 2.45. The number of rotatable bonds is 5. The maximum absolute atomic E-state index is 13.4. The highest BCUT2D eigenvalue weighted by atomic mass is 19.3. The second-order valence-corrected chi connectivity index (χ2v) is 4.97. The zero-order chi connectivity index (χ0) is 13.9. The Labute approximate surface area is 112 Å². The van der Waals surface area contributed by atoms with Crippen LogP contribution in [0.5, 0.6) is 5.75 Å². The third-order valence-electron chi connectivity index (χ3n) is 3.65. The van der Waals surface area contributed by atoms with Gasteiger partial charge < -0.3 is 4.74 Å². The lowest BCUT2D eigenvalue weighted by Crippen LogP contribution is -2.33. The summed E-state index contributed by atoms with van der Waals surface area (Å²) < 4.78 is 32.3. The van der Waals surface area contributed by atoms with E-state index in [9.17, 15) is 8.78 Å². The molecule has 2 atom stereocenters. The second-order valence-electron chi connectivity index (χ2n) is 4.97. The summed E-state index contributed by atoms with van der Waals surface area (Å²) in [6, 6.07) is 7.17. The van der Waals surface area contributed by atoms with Crippen molar-refractivity contribution < 1.29 is 13.5 Å². The van der Waals surface area contributed by atoms with Gasteiger partial charge >= 0.3 is 0 Å². The van der Waals surface area contributed by atoms with Crippen LogP contribution in [0.25, 0.3) is 0 Å². The van der Waals surface area contributed by atoms with Crippen LogP contribution in [-0.4, -0.2) is 12.5 Å². The summed E-state index contributed by atoms with van der Waals surface area (Å²) in [6.45, 7) is 2.43. The van der Waals surface area contributed by atoms with Gasteiger partial charge in [-0.25, -0.2) is 8.78 Å². The normalized spacial score (nSPS) is 23.3. The summed E-state index contributed by atoms with van der Waals surface area (Å²) in [6.07, 6.45) is 0.289. The van der Waals surface area contributed by atoms with Crippen LogP contribution in [0.3, 0.4) is 0 Å². The number of hydrazine groups is 1. The van der Waals surface area contributed by atoms with Crippen molar-refractivity contribution in [3.05, 3.63) is 29.8 Å². The first-order valence-corrected chi connectivity index (χ1v) is 6.63. The van der Waals surface area contributed by atoms with Gasteiger partial charge in [0.25, 0.3) is 0 Å². The van der Waals surface area contributed by atoms with Crippen LogP contribution in [0.15, 0.2) is 24.3 Å². The zero-order valence-electron chi connectivity index (χ0n) is 11.0. The molecule has 1 aliphatic rings. The van der Waals surface area contributed by atoms with E-state index >= 15 is 0 Å². The predicted molar refractivity (Wildman–Crippen MR) is 70.0 cm³/mol. The van der Waals surface area contributed by atoms with Crippen molar-refractivity contribution in [3.63, 3.8) is 0 Å². The standard InChI is InChI=1S/C14H20F2N2O/c1-2-19-12-6-4-3-5-11(12)13(18-17)10-7-8-14(15,16)9-10/h3-6,10,13,18H,2,7-9,17H2,1H3. The van der Waals surface area contributed by atoms with Crippen molar-refractivity contribution >= 4 is 0 Å². The van der Waals surface area contributed by atoms with Crippen LogP contribution in [0.1, 0.15) is 37.8 Å². The smallest absolute Gasteiger partial charge is 0.248 e. The van der Waals surface area contributed by atoms with Crippen LogP contribution in [0, 0.1) is 5.92 Å². The summed E-state index contributed by atoms with van der Waals surface area (Å²) in [5.41, 5.74) is 3.54. The summed E-state index contributed by atoms with van der Waals surface area (Å²) >= 11 is 0. The first-order valence-electron chi connectivity index (χ1n) is 6.63. The van der Waals surface area contributed by atoms with Gasteiger partial charge in [-0.05, 0) is 25.3 Å². The molecular formula is C14H20F2N2O. The van der Waals surface area contributed by atoms with Crippen LogP contribution in [0.2, 0.25) is 0 Å². The number of alkyl halides is 2. The van der Waals surface area contributed by atoms with E-state index < -0.39 is 5.92 Å². The lowest BCUT2D eigenvalue weighted by Gasteiger charge is -2.25. The van der Waals surface area contributed by atoms with Crippen molar-refractivity contribution in [2.45, 2.75) is 38.2 Å². The molecule has 0 aliphatic heterocycles. The molecule has 0 saturated heterocycles. The minimum atomic E-state index is -2.57. The minimum absolute atomic E-state index is 0.0628. The van der Waals surface area contributed by atoms with Gasteiger partial charge in [-0.15, -0.1) is 0 Å². The van der Waals surface area contributed by atoms with E-state index in [4.69, 9.17) is 10.6 Å². The van der Waals surface area contributed by atoms with E-state index in [0.29, 0.717) is 18.8 Å². The van der Waals surface area contributed by atoms with E-state index in [1.807, 2.05) is 31.2 Å². The fourth-order valence-corrected chi connectivity index (χ4v) is 2.77. The highest BCUT2D eigenvalue weighted by Gasteiger charge is 2.43. The molecule has 1 aromatic carbocycles. The van der Waals surface area contributed by atoms with Gasteiger partial charge in [-0.3, -0.25) is 11.3 Å². The van der Waals surface area contributed by atoms with Crippen LogP contribution in [-0.2, 0) is 0 Å². The number of nitrogens with two attached hydrogens (primary N) is 1. The Morgan fingerprint density at radius 1 is 1.47 bits per heavy atom. The molecule has 19 heavy (non-hydrogen) atoms. The molecule has 0 bridgehead atoms. The molecule has 0 spiro atoms. The third-order valence-corrected chi connectivity index (χ3v) is 3.65. The number of hydrogen-bond acceptors (Lipinski definition) is 3. The fourth-order valence-electron chi connectivity index (χ4n) is 2.77. The molecule has 3 N–H and O–H groups in total. The predicted octanol–water partition coefficient (Wildman–Crippen LogP) is 3.03. The monoisotopic (exact) mass is 270 g/mol. The van der Waals surface area contributed by atoms with E-state index in [1.54, 1.807) is 0 Å². The molecule has 3 nitrogen and oxygen atoms in total. The van der Waals surface area contributed by atoms with E-state index in [0.717, 1.165) is 5.56 Å². The van der Waals surface area contributed by atoms with Crippen LogP contribution >= 0.6 is 0 Å². The Balaban J connectivity index is 2.22. The fraction of sp³-hybridized carbons (Fsp3) is 0.571. The summed E-state index contributed by atoms with van der Waals surface area (Å²) in [5, 5.41) is 0. The molecule has 0 amide bonds. The van der Waals surface area contributed by atoms with Gasteiger partial charge in [0, 0.05) is 18.4 Å². The Morgan fingerprint density at radius 3 is 2.79 bits per heavy atom. The Bertz CT molecular complexity index is 426. The maximum Gasteiger partial charge on any atom is 0.248 e. The number of nitrogens with one attached hydrogen (secondary N) is 1. The Hall–Kier alpha value is -1.20. The number of para-hydroxylation sites is 1. The average molecular weight is 270 g/mol. The third kappa shape index (κ3) is 3.22. The first-order chi connectivity index (χ1) is 9.07. The molecule has 5 heteroatoms. The van der Waals surface area contributed by atoms with Gasteiger partial charge in [-0.2, -0.15) is 0 Å². The Morgan fingerprint density at radius 2 is 2.21 bits per heavy atom. The first kappa shape index (κ1) is 14.2. The van der Waals surface area contributed by atoms with Crippen molar-refractivity contribution in [2.24, 2.45) is 11.8 Å². The molecule has 0 radical (unpaired) electrons. The molecule has 1 aromatic rings. The molecular weight excluding hydrogens is 250 g/mol. The number of benzene rings is 1. The van der Waals surface area contributed by atoms with Gasteiger partial charge in [0.1, 0.15) is 5.75 Å². The lowest BCUT2D eigenvalue weighted by atomic mass is 9.91. The molecule has 1 aliphatic carbocycles. The summed E-state index contributed by atoms with van der Waals surface area (Å²) in [5.74, 6) is 3.56. The maximum atomic E-state index is 13.4. The number of ether oxygens (including phenoxy) is 1. The molecule has 106 valence electrons. The van der Waals surface area contributed by atoms with Crippen molar-refractivity contribution in [3.8, 4) is 5.75 Å². The molecule has 1 fully saturated rings. The van der Waals surface area contributed by atoms with Crippen molar-refractivity contribution in [1.29, 1.82) is 0 Å². The molecule has 0 aromatic heterocycles. The van der Waals surface area contributed by atoms with Crippen LogP contribution in [0.4, 0.5) is 8.78 Å². The SMILES string of the molecule is CCOc1ccccc1C(NN)C1CCC(F)(F)C1. The van der Waals surface area contributed by atoms with Gasteiger partial charge in [0.15, 0.2) is 0 Å². The molecule has 0 heterocycles. The average Bonchev–Trinajstić information content (AvgIpc) is 2.73. The highest BCUT2D eigenvalue weighted by molar-refractivity contribution is 5.36. The van der Waals surface area contributed by atoms with E-state index in [2.05, 4.69) is 5.43 Å². The second kappa shape index (κ2) is 5.84. The quantitative estimate of drug-likeness (QED) is 0.638. The lowest BCUT2D eigenvalue weighted by molar-refractivity contribution is 0.00321. The minimum Gasteiger partial charge on any atom is -0.494 e. The van der Waals surface area contributed by atoms with Gasteiger partial charge in [0.05, 0.1) is 12.6 Å². The van der Waals surface area contributed by atoms with Crippen molar-refractivity contribution in [1.82, 2.24) is 5.43 Å².